The van der Waals surface area contributed by atoms with Crippen molar-refractivity contribution < 1.29 is 4.79 Å². The van der Waals surface area contributed by atoms with Crippen LogP contribution in [0.3, 0.4) is 0 Å². The average molecular weight is 430 g/mol. The highest BCUT2D eigenvalue weighted by Crippen LogP contribution is 2.33. The standard InChI is InChI=1S/C16H25N5.C6H12.C3H6O/c1-11(2)20-9-14-3-4-15(10-20)21(14)16-18-7-13(8-19-16)12-5-17-6-12;1-2-4-6-5-3-1;1-2-3-4/h7-8,11-12,14-15,17H,3-6,9-10H2,1-2H3;1-6H2;3H,2H2,1H3. The molecule has 6 heteroatoms. The third kappa shape index (κ3) is 6.72. The molecule has 0 radical (unpaired) electrons. The van der Waals surface area contributed by atoms with Crippen LogP contribution in [0.5, 0.6) is 0 Å². The molecule has 3 saturated heterocycles. The highest BCUT2D eigenvalue weighted by atomic mass is 16.1. The molecular formula is C25H43N5O. The van der Waals surface area contributed by atoms with Crippen molar-refractivity contribution in [2.45, 2.75) is 103 Å². The smallest absolute Gasteiger partial charge is 0.225 e. The topological polar surface area (TPSA) is 61.4 Å². The van der Waals surface area contributed by atoms with Crippen molar-refractivity contribution >= 4 is 12.2 Å². The minimum absolute atomic E-state index is 0.599. The number of aromatic nitrogens is 2. The van der Waals surface area contributed by atoms with Gasteiger partial charge >= 0.3 is 0 Å². The summed E-state index contributed by atoms with van der Waals surface area (Å²) in [5.74, 6) is 1.57. The lowest BCUT2D eigenvalue weighted by molar-refractivity contribution is -0.107. The van der Waals surface area contributed by atoms with Crippen LogP contribution >= 0.6 is 0 Å². The molecule has 1 aliphatic carbocycles. The lowest BCUT2D eigenvalue weighted by atomic mass is 9.97. The van der Waals surface area contributed by atoms with Crippen molar-refractivity contribution in [2.24, 2.45) is 0 Å². The van der Waals surface area contributed by atoms with Gasteiger partial charge in [-0.25, -0.2) is 9.97 Å². The van der Waals surface area contributed by atoms with Gasteiger partial charge < -0.3 is 15.0 Å². The van der Waals surface area contributed by atoms with E-state index in [2.05, 4.69) is 38.9 Å². The monoisotopic (exact) mass is 429 g/mol. The van der Waals surface area contributed by atoms with Crippen molar-refractivity contribution in [3.8, 4) is 0 Å². The highest BCUT2D eigenvalue weighted by Gasteiger charge is 2.41. The van der Waals surface area contributed by atoms with Crippen molar-refractivity contribution in [1.82, 2.24) is 20.2 Å². The summed E-state index contributed by atoms with van der Waals surface area (Å²) in [5, 5.41) is 3.31. The number of piperazine rings is 1. The SMILES string of the molecule is C1CCCCC1.CC(C)N1CC2CCC(C1)N2c1ncc(C2CNC2)cn1.CCC=O. The summed E-state index contributed by atoms with van der Waals surface area (Å²) in [6.45, 7) is 10.9. The number of hydrogen-bond acceptors (Lipinski definition) is 6. The maximum atomic E-state index is 9.17. The molecule has 1 aromatic heterocycles. The molecule has 4 aliphatic rings. The van der Waals surface area contributed by atoms with Gasteiger partial charge in [0.05, 0.1) is 0 Å². The summed E-state index contributed by atoms with van der Waals surface area (Å²) >= 11 is 0. The van der Waals surface area contributed by atoms with Gasteiger partial charge in [-0.3, -0.25) is 4.90 Å². The van der Waals surface area contributed by atoms with Gasteiger partial charge in [0, 0.05) is 69.0 Å². The second-order valence-electron chi connectivity index (χ2n) is 9.71. The molecule has 2 atom stereocenters. The Morgan fingerprint density at radius 2 is 1.48 bits per heavy atom. The Balaban J connectivity index is 0.000000227. The van der Waals surface area contributed by atoms with Crippen LogP contribution in [0.25, 0.3) is 0 Å². The van der Waals surface area contributed by atoms with Gasteiger partial charge in [0.1, 0.15) is 6.29 Å². The van der Waals surface area contributed by atoms with Gasteiger partial charge in [-0.2, -0.15) is 0 Å². The molecule has 31 heavy (non-hydrogen) atoms. The molecule has 0 spiro atoms. The molecule has 6 nitrogen and oxygen atoms in total. The summed E-state index contributed by atoms with van der Waals surface area (Å²) < 4.78 is 0. The number of aldehydes is 1. The second-order valence-corrected chi connectivity index (χ2v) is 9.71. The maximum absolute atomic E-state index is 9.17. The van der Waals surface area contributed by atoms with Gasteiger partial charge in [-0.1, -0.05) is 45.4 Å². The maximum Gasteiger partial charge on any atom is 0.225 e. The minimum Gasteiger partial charge on any atom is -0.332 e. The molecule has 174 valence electrons. The fourth-order valence-corrected chi connectivity index (χ4v) is 4.94. The first-order valence-corrected chi connectivity index (χ1v) is 12.6. The molecule has 0 amide bonds. The summed E-state index contributed by atoms with van der Waals surface area (Å²) in [6, 6.07) is 1.84. The zero-order valence-electron chi connectivity index (χ0n) is 19.9. The number of fused-ring (bicyclic) bond motifs is 2. The number of carbonyl (C=O) groups excluding carboxylic acids is 1. The van der Waals surface area contributed by atoms with Crippen LogP contribution < -0.4 is 10.2 Å². The van der Waals surface area contributed by atoms with E-state index in [4.69, 9.17) is 0 Å². The fraction of sp³-hybridized carbons (Fsp3) is 0.800. The second kappa shape index (κ2) is 12.5. The van der Waals surface area contributed by atoms with Crippen molar-refractivity contribution in [1.29, 1.82) is 0 Å². The molecule has 1 N–H and O–H groups in total. The zero-order valence-corrected chi connectivity index (χ0v) is 19.9. The molecule has 3 aliphatic heterocycles. The van der Waals surface area contributed by atoms with E-state index < -0.39 is 0 Å². The van der Waals surface area contributed by atoms with E-state index in [9.17, 15) is 4.79 Å². The van der Waals surface area contributed by atoms with E-state index in [1.54, 1.807) is 0 Å². The first-order valence-electron chi connectivity index (χ1n) is 12.6. The van der Waals surface area contributed by atoms with E-state index >= 15 is 0 Å². The normalized spacial score (nSPS) is 25.7. The van der Waals surface area contributed by atoms with Crippen LogP contribution in [-0.4, -0.2) is 65.5 Å². The van der Waals surface area contributed by atoms with Gasteiger partial charge in [0.2, 0.25) is 5.95 Å². The third-order valence-electron chi connectivity index (χ3n) is 7.05. The van der Waals surface area contributed by atoms with Crippen molar-refractivity contribution in [2.75, 3.05) is 31.1 Å². The molecule has 4 fully saturated rings. The Labute approximate surface area is 189 Å². The van der Waals surface area contributed by atoms with Crippen molar-refractivity contribution in [3.05, 3.63) is 18.0 Å². The predicted molar refractivity (Wildman–Crippen MR) is 128 cm³/mol. The fourth-order valence-electron chi connectivity index (χ4n) is 4.94. The van der Waals surface area contributed by atoms with Crippen molar-refractivity contribution in [3.63, 3.8) is 0 Å². The van der Waals surface area contributed by atoms with Crippen LogP contribution in [0.2, 0.25) is 0 Å². The Morgan fingerprint density at radius 3 is 1.84 bits per heavy atom. The number of carbonyl (C=O) groups is 1. The van der Waals surface area contributed by atoms with Gasteiger partial charge in [-0.05, 0) is 32.3 Å². The van der Waals surface area contributed by atoms with Gasteiger partial charge in [0.15, 0.2) is 0 Å². The Hall–Kier alpha value is -1.53. The van der Waals surface area contributed by atoms with Crippen LogP contribution in [0.15, 0.2) is 12.4 Å². The largest absolute Gasteiger partial charge is 0.332 e. The van der Waals surface area contributed by atoms with Gasteiger partial charge in [0.25, 0.3) is 0 Å². The molecule has 5 rings (SSSR count). The quantitative estimate of drug-likeness (QED) is 0.725. The molecular weight excluding hydrogens is 386 g/mol. The lowest BCUT2D eigenvalue weighted by Gasteiger charge is -2.42. The summed E-state index contributed by atoms with van der Waals surface area (Å²) in [6.07, 6.45) is 17.2. The number of likely N-dealkylation sites (tertiary alicyclic amines) is 1. The number of nitrogens with one attached hydrogen (secondary N) is 1. The van der Waals surface area contributed by atoms with E-state index in [0.717, 1.165) is 38.4 Å². The van der Waals surface area contributed by atoms with E-state index in [-0.39, 0.29) is 0 Å². The van der Waals surface area contributed by atoms with Crippen LogP contribution in [0.1, 0.15) is 90.0 Å². The summed E-state index contributed by atoms with van der Waals surface area (Å²) in [4.78, 5) is 23.6. The average Bonchev–Trinajstić information content (AvgIpc) is 3.03. The predicted octanol–water partition coefficient (Wildman–Crippen LogP) is 4.16. The van der Waals surface area contributed by atoms with E-state index in [1.165, 1.54) is 56.9 Å². The van der Waals surface area contributed by atoms with Crippen LogP contribution in [-0.2, 0) is 4.79 Å². The zero-order chi connectivity index (χ0) is 22.1. The third-order valence-corrected chi connectivity index (χ3v) is 7.05. The molecule has 4 heterocycles. The first kappa shape index (κ1) is 24.1. The summed E-state index contributed by atoms with van der Waals surface area (Å²) in [7, 11) is 0. The number of anilines is 1. The number of hydrogen-bond donors (Lipinski definition) is 1. The lowest BCUT2D eigenvalue weighted by Crippen LogP contribution is -2.56. The Kier molecular flexibility index (Phi) is 9.72. The first-order chi connectivity index (χ1) is 15.1. The molecule has 2 unspecified atom stereocenters. The number of rotatable bonds is 4. The van der Waals surface area contributed by atoms with Crippen LogP contribution in [0.4, 0.5) is 5.95 Å². The Morgan fingerprint density at radius 1 is 1.00 bits per heavy atom. The summed E-state index contributed by atoms with van der Waals surface area (Å²) in [5.41, 5.74) is 1.28. The van der Waals surface area contributed by atoms with Crippen LogP contribution in [0, 0.1) is 0 Å². The van der Waals surface area contributed by atoms with E-state index in [0.29, 0.717) is 30.5 Å². The van der Waals surface area contributed by atoms with E-state index in [1.807, 2.05) is 19.3 Å². The number of nitrogens with zero attached hydrogens (tertiary/aromatic N) is 4. The Bertz CT molecular complexity index is 616. The molecule has 1 aromatic rings. The molecule has 1 saturated carbocycles. The molecule has 2 bridgehead atoms. The molecule has 0 aromatic carbocycles. The van der Waals surface area contributed by atoms with Gasteiger partial charge in [-0.15, -0.1) is 0 Å². The minimum atomic E-state index is 0.599. The highest BCUT2D eigenvalue weighted by molar-refractivity contribution is 5.48.